The number of allylic oxidation sites excluding steroid dienone is 12. The summed E-state index contributed by atoms with van der Waals surface area (Å²) in [5, 5.41) is 0. The summed E-state index contributed by atoms with van der Waals surface area (Å²) in [5.41, 5.74) is 0. The molecule has 6 heteroatoms. The van der Waals surface area contributed by atoms with Crippen LogP contribution >= 0.6 is 0 Å². The Hall–Kier alpha value is -3.15. The van der Waals surface area contributed by atoms with Crippen molar-refractivity contribution >= 4 is 17.9 Å². The second-order valence-corrected chi connectivity index (χ2v) is 20.6. The number of carbonyl (C=O) groups is 3. The minimum absolute atomic E-state index is 0.0750. The van der Waals surface area contributed by atoms with Crippen LogP contribution in [0.4, 0.5) is 0 Å². The molecule has 0 radical (unpaired) electrons. The third kappa shape index (κ3) is 57.7. The summed E-state index contributed by atoms with van der Waals surface area (Å²) in [6.45, 7) is 6.51. The van der Waals surface area contributed by atoms with Gasteiger partial charge in [0.15, 0.2) is 6.10 Å². The molecule has 0 bridgehead atoms. The van der Waals surface area contributed by atoms with Crippen LogP contribution in [0.15, 0.2) is 72.9 Å². The Labute approximate surface area is 446 Å². The lowest BCUT2D eigenvalue weighted by atomic mass is 10.0. The van der Waals surface area contributed by atoms with Gasteiger partial charge in [-0.1, -0.05) is 273 Å². The van der Waals surface area contributed by atoms with Gasteiger partial charge in [-0.25, -0.2) is 0 Å². The van der Waals surface area contributed by atoms with E-state index in [1.54, 1.807) is 0 Å². The summed E-state index contributed by atoms with van der Waals surface area (Å²) in [7, 11) is 0. The normalized spacial score (nSPS) is 12.5. The fraction of sp³-hybridized carbons (Fsp3) is 0.773. The van der Waals surface area contributed by atoms with E-state index in [0.717, 1.165) is 89.9 Å². The first-order valence-corrected chi connectivity index (χ1v) is 30.9. The first kappa shape index (κ1) is 68.8. The van der Waals surface area contributed by atoms with Gasteiger partial charge < -0.3 is 14.2 Å². The molecule has 0 saturated carbocycles. The van der Waals surface area contributed by atoms with Crippen molar-refractivity contribution in [2.45, 2.75) is 316 Å². The molecule has 0 N–H and O–H groups in total. The quantitative estimate of drug-likeness (QED) is 0.0261. The number of unbranched alkanes of at least 4 members (excludes halogenated alkanes) is 33. The van der Waals surface area contributed by atoms with Crippen LogP contribution in [0.25, 0.3) is 0 Å². The lowest BCUT2D eigenvalue weighted by Gasteiger charge is -2.18. The van der Waals surface area contributed by atoms with E-state index < -0.39 is 6.10 Å². The van der Waals surface area contributed by atoms with Gasteiger partial charge in [-0.2, -0.15) is 0 Å². The average Bonchev–Trinajstić information content (AvgIpc) is 3.38. The molecule has 0 rings (SSSR count). The van der Waals surface area contributed by atoms with Gasteiger partial charge in [0.1, 0.15) is 13.2 Å². The zero-order valence-corrected chi connectivity index (χ0v) is 47.7. The molecule has 0 saturated heterocycles. The minimum Gasteiger partial charge on any atom is -0.462 e. The first-order chi connectivity index (χ1) is 35.5. The standard InChI is InChI=1S/C66H116O6/c1-4-7-10-13-16-19-21-23-25-27-29-31-33-35-37-39-41-43-45-47-50-53-56-59-65(68)71-62-63(61-70-64(67)58-55-52-49-18-15-12-9-6-3)72-66(69)60-57-54-51-48-46-44-42-40-38-36-34-32-30-28-26-24-22-20-17-14-11-8-5-2/h7,10,16,19,22-25,28-31,63H,4-6,8-9,11-15,17-18,20-21,26-27,32-62H2,1-3H3/b10-7-,19-16-,24-22-,25-23-,30-28-,31-29-. The van der Waals surface area contributed by atoms with Crippen molar-refractivity contribution in [3.8, 4) is 0 Å². The zero-order chi connectivity index (χ0) is 52.2. The van der Waals surface area contributed by atoms with E-state index in [1.165, 1.54) is 180 Å². The van der Waals surface area contributed by atoms with Crippen molar-refractivity contribution < 1.29 is 28.6 Å². The summed E-state index contributed by atoms with van der Waals surface area (Å²) in [6, 6.07) is 0. The molecule has 0 aliphatic rings. The van der Waals surface area contributed by atoms with Gasteiger partial charge in [0.25, 0.3) is 0 Å². The van der Waals surface area contributed by atoms with Gasteiger partial charge in [-0.3, -0.25) is 14.4 Å². The smallest absolute Gasteiger partial charge is 0.306 e. The number of carbonyl (C=O) groups excluding carboxylic acids is 3. The molecule has 416 valence electrons. The van der Waals surface area contributed by atoms with Crippen molar-refractivity contribution in [1.82, 2.24) is 0 Å². The molecular formula is C66H116O6. The molecule has 1 unspecified atom stereocenters. The highest BCUT2D eigenvalue weighted by Crippen LogP contribution is 2.16. The van der Waals surface area contributed by atoms with Crippen LogP contribution in [0.2, 0.25) is 0 Å². The van der Waals surface area contributed by atoms with E-state index in [0.29, 0.717) is 19.3 Å². The summed E-state index contributed by atoms with van der Waals surface area (Å²) in [6.07, 6.45) is 77.7. The predicted molar refractivity (Wildman–Crippen MR) is 311 cm³/mol. The van der Waals surface area contributed by atoms with Gasteiger partial charge in [-0.15, -0.1) is 0 Å². The van der Waals surface area contributed by atoms with Crippen LogP contribution < -0.4 is 0 Å². The number of rotatable bonds is 56. The minimum atomic E-state index is -0.776. The Morgan fingerprint density at radius 3 is 0.847 bits per heavy atom. The highest BCUT2D eigenvalue weighted by Gasteiger charge is 2.19. The molecule has 0 aliphatic heterocycles. The van der Waals surface area contributed by atoms with Crippen LogP contribution in [0.5, 0.6) is 0 Å². The fourth-order valence-electron chi connectivity index (χ4n) is 8.82. The molecule has 6 nitrogen and oxygen atoms in total. The Kier molecular flexibility index (Phi) is 57.8. The first-order valence-electron chi connectivity index (χ1n) is 30.9. The van der Waals surface area contributed by atoms with E-state index in [4.69, 9.17) is 14.2 Å². The Morgan fingerprint density at radius 2 is 0.542 bits per heavy atom. The molecule has 0 spiro atoms. The van der Waals surface area contributed by atoms with Gasteiger partial charge in [-0.05, 0) is 89.9 Å². The summed E-state index contributed by atoms with van der Waals surface area (Å²) < 4.78 is 16.9. The number of esters is 3. The summed E-state index contributed by atoms with van der Waals surface area (Å²) in [4.78, 5) is 38.1. The molecule has 0 aromatic rings. The molecular weight excluding hydrogens is 889 g/mol. The van der Waals surface area contributed by atoms with Gasteiger partial charge >= 0.3 is 17.9 Å². The third-order valence-electron chi connectivity index (χ3n) is 13.4. The maximum atomic E-state index is 12.9. The van der Waals surface area contributed by atoms with Gasteiger partial charge in [0.05, 0.1) is 0 Å². The highest BCUT2D eigenvalue weighted by atomic mass is 16.6. The molecule has 0 aromatic carbocycles. The van der Waals surface area contributed by atoms with Crippen LogP contribution in [0.1, 0.15) is 310 Å². The van der Waals surface area contributed by atoms with Crippen molar-refractivity contribution in [3.63, 3.8) is 0 Å². The Bertz CT molecular complexity index is 1340. The fourth-order valence-corrected chi connectivity index (χ4v) is 8.82. The zero-order valence-electron chi connectivity index (χ0n) is 47.7. The van der Waals surface area contributed by atoms with Crippen LogP contribution in [0.3, 0.4) is 0 Å². The highest BCUT2D eigenvalue weighted by molar-refractivity contribution is 5.71. The van der Waals surface area contributed by atoms with E-state index in [2.05, 4.69) is 93.7 Å². The van der Waals surface area contributed by atoms with E-state index in [1.807, 2.05) is 0 Å². The molecule has 0 heterocycles. The maximum absolute atomic E-state index is 12.9. The number of hydrogen-bond acceptors (Lipinski definition) is 6. The van der Waals surface area contributed by atoms with E-state index in [9.17, 15) is 14.4 Å². The van der Waals surface area contributed by atoms with Crippen LogP contribution in [0, 0.1) is 0 Å². The van der Waals surface area contributed by atoms with Crippen molar-refractivity contribution in [1.29, 1.82) is 0 Å². The van der Waals surface area contributed by atoms with Crippen molar-refractivity contribution in [2.75, 3.05) is 13.2 Å². The van der Waals surface area contributed by atoms with Crippen molar-refractivity contribution in [2.24, 2.45) is 0 Å². The molecule has 1 atom stereocenters. The van der Waals surface area contributed by atoms with E-state index in [-0.39, 0.29) is 31.1 Å². The second kappa shape index (κ2) is 60.4. The summed E-state index contributed by atoms with van der Waals surface area (Å²) >= 11 is 0. The molecule has 72 heavy (non-hydrogen) atoms. The predicted octanol–water partition coefficient (Wildman–Crippen LogP) is 20.9. The molecule has 0 fully saturated rings. The largest absolute Gasteiger partial charge is 0.462 e. The monoisotopic (exact) mass is 1000 g/mol. The number of ether oxygens (including phenoxy) is 3. The van der Waals surface area contributed by atoms with E-state index >= 15 is 0 Å². The average molecular weight is 1010 g/mol. The summed E-state index contributed by atoms with van der Waals surface area (Å²) in [5.74, 6) is -0.874. The van der Waals surface area contributed by atoms with Crippen molar-refractivity contribution in [3.05, 3.63) is 72.9 Å². The number of hydrogen-bond donors (Lipinski definition) is 0. The topological polar surface area (TPSA) is 78.9 Å². The van der Waals surface area contributed by atoms with Crippen LogP contribution in [-0.4, -0.2) is 37.2 Å². The van der Waals surface area contributed by atoms with Crippen LogP contribution in [-0.2, 0) is 28.6 Å². The lowest BCUT2D eigenvalue weighted by molar-refractivity contribution is -0.167. The maximum Gasteiger partial charge on any atom is 0.306 e. The molecule has 0 aliphatic carbocycles. The second-order valence-electron chi connectivity index (χ2n) is 20.6. The Morgan fingerprint density at radius 1 is 0.292 bits per heavy atom. The SMILES string of the molecule is CC/C=C\C/C=C\C/C=C\C/C=C\CCCCCCCCCCCCC(=O)OCC(COC(=O)CCCCCCCCCC)OC(=O)CCCCCCCCCCCCC/C=C\C/C=C\CCCCCCC. The Balaban J connectivity index is 4.19. The lowest BCUT2D eigenvalue weighted by Crippen LogP contribution is -2.30. The van der Waals surface area contributed by atoms with Gasteiger partial charge in [0.2, 0.25) is 0 Å². The van der Waals surface area contributed by atoms with Gasteiger partial charge in [0, 0.05) is 19.3 Å². The third-order valence-corrected chi connectivity index (χ3v) is 13.4. The molecule has 0 aromatic heterocycles. The molecule has 0 amide bonds.